The van der Waals surface area contributed by atoms with E-state index in [2.05, 4.69) is 4.98 Å². The molecule has 15 heavy (non-hydrogen) atoms. The lowest BCUT2D eigenvalue weighted by Crippen LogP contribution is -2.37. The van der Waals surface area contributed by atoms with Gasteiger partial charge in [-0.25, -0.2) is 4.98 Å². The Hall–Kier alpha value is -1.29. The van der Waals surface area contributed by atoms with Crippen LogP contribution in [0.1, 0.15) is 19.4 Å². The predicted octanol–water partition coefficient (Wildman–Crippen LogP) is 1.18. The monoisotopic (exact) mass is 209 g/mol. The van der Waals surface area contributed by atoms with Crippen molar-refractivity contribution in [2.24, 2.45) is 0 Å². The van der Waals surface area contributed by atoms with Crippen LogP contribution in [0.15, 0.2) is 12.3 Å². The van der Waals surface area contributed by atoms with Crippen LogP contribution in [0.25, 0.3) is 0 Å². The molecule has 1 heterocycles. The number of aromatic nitrogens is 1. The van der Waals surface area contributed by atoms with Gasteiger partial charge in [0.15, 0.2) is 5.82 Å². The van der Waals surface area contributed by atoms with Gasteiger partial charge in [-0.1, -0.05) is 0 Å². The smallest absolute Gasteiger partial charge is 0.151 e. The van der Waals surface area contributed by atoms with E-state index in [-0.39, 0.29) is 0 Å². The predicted molar refractivity (Wildman–Crippen MR) is 63.0 cm³/mol. The third kappa shape index (κ3) is 3.09. The minimum Gasteiger partial charge on any atom is -0.396 e. The highest BCUT2D eigenvalue weighted by Gasteiger charge is 2.18. The Morgan fingerprint density at radius 1 is 1.53 bits per heavy atom. The van der Waals surface area contributed by atoms with Gasteiger partial charge in [0.1, 0.15) is 0 Å². The zero-order valence-electron chi connectivity index (χ0n) is 9.78. The number of pyridine rings is 1. The number of likely N-dealkylation sites (N-methyl/N-ethyl adjacent to an activating group) is 1. The molecule has 4 heteroatoms. The summed E-state index contributed by atoms with van der Waals surface area (Å²) in [5, 5.41) is 9.70. The van der Waals surface area contributed by atoms with E-state index in [1.807, 2.05) is 24.9 Å². The van der Waals surface area contributed by atoms with Gasteiger partial charge in [0, 0.05) is 19.8 Å². The first-order valence-corrected chi connectivity index (χ1v) is 4.96. The van der Waals surface area contributed by atoms with Crippen LogP contribution in [-0.2, 0) is 0 Å². The quantitative estimate of drug-likeness (QED) is 0.784. The molecule has 0 fully saturated rings. The number of aliphatic hydroxyl groups is 1. The van der Waals surface area contributed by atoms with E-state index in [0.29, 0.717) is 12.2 Å². The number of rotatable bonds is 3. The zero-order chi connectivity index (χ0) is 11.6. The molecule has 0 spiro atoms. The number of nitrogens with two attached hydrogens (primary N) is 1. The van der Waals surface area contributed by atoms with Gasteiger partial charge in [0.25, 0.3) is 0 Å². The van der Waals surface area contributed by atoms with Crippen molar-refractivity contribution >= 4 is 11.5 Å². The Kier molecular flexibility index (Phi) is 3.19. The van der Waals surface area contributed by atoms with Gasteiger partial charge in [-0.2, -0.15) is 0 Å². The van der Waals surface area contributed by atoms with Crippen LogP contribution in [0.2, 0.25) is 0 Å². The Morgan fingerprint density at radius 2 is 2.13 bits per heavy atom. The van der Waals surface area contributed by atoms with E-state index in [9.17, 15) is 5.11 Å². The largest absolute Gasteiger partial charge is 0.396 e. The van der Waals surface area contributed by atoms with Crippen LogP contribution in [0.5, 0.6) is 0 Å². The molecule has 1 aromatic rings. The van der Waals surface area contributed by atoms with Crippen molar-refractivity contribution in [1.82, 2.24) is 4.98 Å². The van der Waals surface area contributed by atoms with Crippen molar-refractivity contribution in [2.45, 2.75) is 26.4 Å². The number of nitrogens with zero attached hydrogens (tertiary/aromatic N) is 2. The molecule has 0 aromatic carbocycles. The molecule has 4 nitrogen and oxygen atoms in total. The number of anilines is 2. The topological polar surface area (TPSA) is 62.4 Å². The van der Waals surface area contributed by atoms with Crippen molar-refractivity contribution in [2.75, 3.05) is 24.2 Å². The second-order valence-corrected chi connectivity index (χ2v) is 4.53. The van der Waals surface area contributed by atoms with E-state index in [1.165, 1.54) is 0 Å². The second kappa shape index (κ2) is 4.06. The molecule has 0 saturated carbocycles. The average Bonchev–Trinajstić information content (AvgIpc) is 2.06. The molecule has 3 N–H and O–H groups in total. The molecule has 1 aromatic heterocycles. The van der Waals surface area contributed by atoms with E-state index in [1.54, 1.807) is 20.0 Å². The summed E-state index contributed by atoms with van der Waals surface area (Å²) in [6.45, 7) is 5.96. The maximum Gasteiger partial charge on any atom is 0.151 e. The summed E-state index contributed by atoms with van der Waals surface area (Å²) in [4.78, 5) is 6.08. The van der Waals surface area contributed by atoms with E-state index < -0.39 is 5.60 Å². The second-order valence-electron chi connectivity index (χ2n) is 4.53. The first-order chi connectivity index (χ1) is 6.81. The fraction of sp³-hybridized carbons (Fsp3) is 0.545. The van der Waals surface area contributed by atoms with Crippen molar-refractivity contribution < 1.29 is 5.11 Å². The summed E-state index contributed by atoms with van der Waals surface area (Å²) in [6.07, 6.45) is 1.72. The molecule has 0 amide bonds. The Bertz CT molecular complexity index is 344. The van der Waals surface area contributed by atoms with Gasteiger partial charge >= 0.3 is 0 Å². The minimum atomic E-state index is -0.757. The van der Waals surface area contributed by atoms with Crippen LogP contribution in [-0.4, -0.2) is 29.3 Å². The molecular weight excluding hydrogens is 190 g/mol. The molecule has 0 aliphatic carbocycles. The van der Waals surface area contributed by atoms with Crippen LogP contribution >= 0.6 is 0 Å². The number of hydrogen-bond acceptors (Lipinski definition) is 4. The van der Waals surface area contributed by atoms with Crippen molar-refractivity contribution in [3.63, 3.8) is 0 Å². The normalized spacial score (nSPS) is 11.5. The minimum absolute atomic E-state index is 0.494. The van der Waals surface area contributed by atoms with E-state index in [0.717, 1.165) is 11.4 Å². The van der Waals surface area contributed by atoms with Gasteiger partial charge < -0.3 is 15.7 Å². The fourth-order valence-corrected chi connectivity index (χ4v) is 1.51. The molecule has 0 unspecified atom stereocenters. The highest BCUT2D eigenvalue weighted by Crippen LogP contribution is 2.23. The SMILES string of the molecule is Cc1ccnc(N(C)CC(C)(C)O)c1N. The van der Waals surface area contributed by atoms with Crippen molar-refractivity contribution in [3.05, 3.63) is 17.8 Å². The fourth-order valence-electron chi connectivity index (χ4n) is 1.51. The summed E-state index contributed by atoms with van der Waals surface area (Å²) >= 11 is 0. The lowest BCUT2D eigenvalue weighted by Gasteiger charge is -2.27. The molecule has 0 radical (unpaired) electrons. The third-order valence-electron chi connectivity index (χ3n) is 2.17. The summed E-state index contributed by atoms with van der Waals surface area (Å²) in [7, 11) is 1.87. The molecule has 0 bridgehead atoms. The lowest BCUT2D eigenvalue weighted by molar-refractivity contribution is 0.0885. The molecule has 84 valence electrons. The van der Waals surface area contributed by atoms with E-state index >= 15 is 0 Å². The van der Waals surface area contributed by atoms with Gasteiger partial charge in [-0.05, 0) is 32.4 Å². The summed E-state index contributed by atoms with van der Waals surface area (Å²) in [6, 6.07) is 1.87. The standard InChI is InChI=1S/C11H19N3O/c1-8-5-6-13-10(9(8)12)14(4)7-11(2,3)15/h5-6,15H,7,12H2,1-4H3. The lowest BCUT2D eigenvalue weighted by atomic mass is 10.1. The Morgan fingerprint density at radius 3 is 2.67 bits per heavy atom. The van der Waals surface area contributed by atoms with Gasteiger partial charge in [-0.3, -0.25) is 0 Å². The average molecular weight is 209 g/mol. The van der Waals surface area contributed by atoms with Crippen LogP contribution in [0.3, 0.4) is 0 Å². The zero-order valence-corrected chi connectivity index (χ0v) is 9.78. The van der Waals surface area contributed by atoms with Gasteiger partial charge in [0.2, 0.25) is 0 Å². The van der Waals surface area contributed by atoms with Gasteiger partial charge in [0.05, 0.1) is 11.3 Å². The maximum atomic E-state index is 9.70. The van der Waals surface area contributed by atoms with Crippen LogP contribution in [0.4, 0.5) is 11.5 Å². The number of nitrogen functional groups attached to an aromatic ring is 1. The summed E-state index contributed by atoms with van der Waals surface area (Å²) in [5.74, 6) is 0.720. The molecule has 1 rings (SSSR count). The Labute approximate surface area is 90.7 Å². The maximum absolute atomic E-state index is 9.70. The first kappa shape index (κ1) is 11.8. The van der Waals surface area contributed by atoms with Crippen LogP contribution < -0.4 is 10.6 Å². The van der Waals surface area contributed by atoms with Crippen molar-refractivity contribution in [1.29, 1.82) is 0 Å². The van der Waals surface area contributed by atoms with E-state index in [4.69, 9.17) is 5.73 Å². The number of aryl methyl sites for hydroxylation is 1. The molecule has 0 aliphatic heterocycles. The van der Waals surface area contributed by atoms with Gasteiger partial charge in [-0.15, -0.1) is 0 Å². The van der Waals surface area contributed by atoms with Crippen LogP contribution in [0, 0.1) is 6.92 Å². The molecule has 0 aliphatic rings. The van der Waals surface area contributed by atoms with Crippen molar-refractivity contribution in [3.8, 4) is 0 Å². The molecule has 0 atom stereocenters. The number of hydrogen-bond donors (Lipinski definition) is 2. The Balaban J connectivity index is 2.92. The highest BCUT2D eigenvalue weighted by atomic mass is 16.3. The highest BCUT2D eigenvalue weighted by molar-refractivity contribution is 5.66. The summed E-state index contributed by atoms with van der Waals surface area (Å²) < 4.78 is 0. The molecular formula is C11H19N3O. The molecule has 0 saturated heterocycles. The summed E-state index contributed by atoms with van der Waals surface area (Å²) in [5.41, 5.74) is 6.83. The third-order valence-corrected chi connectivity index (χ3v) is 2.17. The first-order valence-electron chi connectivity index (χ1n) is 4.96.